The standard InChI is InChI=1S/C27H30N2O7/c30-13-24-27-20(19-9-17(4-6-21(19)36-27)29-26(32)8-15-1-2-15)10-18(35-24)11-25(31)28-12-16-3-5-22-23(7-16)34-14-33-22/h3-7,9,15,18,20,24,27,30H,1-2,8,10-14H2,(H,28,31)(H,29,32)/t18-,20+,24+,27-/m1/s1. The Morgan fingerprint density at radius 3 is 2.64 bits per heavy atom. The van der Waals surface area contributed by atoms with Crippen LogP contribution >= 0.6 is 0 Å². The normalized spacial score (nSPS) is 25.5. The van der Waals surface area contributed by atoms with Crippen molar-refractivity contribution in [1.29, 1.82) is 0 Å². The van der Waals surface area contributed by atoms with Gasteiger partial charge < -0.3 is 34.7 Å². The van der Waals surface area contributed by atoms with Crippen molar-refractivity contribution in [3.8, 4) is 17.2 Å². The SMILES string of the molecule is O=C(C[C@H]1C[C@H]2c3cc(NC(=O)CC4CC4)ccc3O[C@H]2[C@H](CO)O1)NCc1ccc2c(c1)OCO2. The van der Waals surface area contributed by atoms with Crippen LogP contribution in [0.3, 0.4) is 0 Å². The minimum absolute atomic E-state index is 0.0298. The van der Waals surface area contributed by atoms with Crippen molar-refractivity contribution < 1.29 is 33.6 Å². The Kier molecular flexibility index (Phi) is 6.18. The molecule has 2 amide bonds. The number of rotatable bonds is 8. The van der Waals surface area contributed by atoms with Crippen LogP contribution in [0.15, 0.2) is 36.4 Å². The van der Waals surface area contributed by atoms with Crippen LogP contribution in [0.25, 0.3) is 0 Å². The Balaban J connectivity index is 1.09. The average Bonchev–Trinajstić information content (AvgIpc) is 3.42. The van der Waals surface area contributed by atoms with E-state index in [0.717, 1.165) is 35.4 Å². The minimum atomic E-state index is -0.532. The van der Waals surface area contributed by atoms with E-state index in [1.807, 2.05) is 36.4 Å². The Morgan fingerprint density at radius 1 is 0.972 bits per heavy atom. The number of fused-ring (bicyclic) bond motifs is 4. The summed E-state index contributed by atoms with van der Waals surface area (Å²) in [5, 5.41) is 15.9. The molecule has 3 heterocycles. The summed E-state index contributed by atoms with van der Waals surface area (Å²) in [6, 6.07) is 11.3. The highest BCUT2D eigenvalue weighted by Gasteiger charge is 2.46. The lowest BCUT2D eigenvalue weighted by Gasteiger charge is -2.37. The summed E-state index contributed by atoms with van der Waals surface area (Å²) < 4.78 is 22.9. The molecule has 4 aliphatic rings. The second-order valence-electron chi connectivity index (χ2n) is 10.0. The summed E-state index contributed by atoms with van der Waals surface area (Å²) in [4.78, 5) is 25.0. The van der Waals surface area contributed by atoms with E-state index in [2.05, 4.69) is 10.6 Å². The summed E-state index contributed by atoms with van der Waals surface area (Å²) in [5.74, 6) is 2.51. The van der Waals surface area contributed by atoms with Gasteiger partial charge in [-0.1, -0.05) is 6.07 Å². The first kappa shape index (κ1) is 23.1. The predicted octanol–water partition coefficient (Wildman–Crippen LogP) is 2.85. The third-order valence-corrected chi connectivity index (χ3v) is 7.29. The third kappa shape index (κ3) is 4.85. The molecule has 36 heavy (non-hydrogen) atoms. The van der Waals surface area contributed by atoms with Crippen LogP contribution in [0.2, 0.25) is 0 Å². The number of nitrogens with one attached hydrogen (secondary N) is 2. The molecule has 0 unspecified atom stereocenters. The van der Waals surface area contributed by atoms with Crippen LogP contribution in [-0.4, -0.2) is 48.6 Å². The van der Waals surface area contributed by atoms with Gasteiger partial charge in [0.15, 0.2) is 11.5 Å². The number of carbonyl (C=O) groups is 2. The summed E-state index contributed by atoms with van der Waals surface area (Å²) in [7, 11) is 0. The lowest BCUT2D eigenvalue weighted by molar-refractivity contribution is -0.142. The van der Waals surface area contributed by atoms with E-state index in [1.54, 1.807) is 0 Å². The smallest absolute Gasteiger partial charge is 0.231 e. The van der Waals surface area contributed by atoms with Gasteiger partial charge in [0.2, 0.25) is 18.6 Å². The fourth-order valence-corrected chi connectivity index (χ4v) is 5.29. The number of benzene rings is 2. The summed E-state index contributed by atoms with van der Waals surface area (Å²) in [6.07, 6.45) is 2.37. The van der Waals surface area contributed by atoms with Gasteiger partial charge in [-0.2, -0.15) is 0 Å². The molecule has 1 aliphatic carbocycles. The van der Waals surface area contributed by atoms with Gasteiger partial charge in [0.05, 0.1) is 19.1 Å². The Bertz CT molecular complexity index is 1160. The maximum absolute atomic E-state index is 12.7. The molecular formula is C27H30N2O7. The molecule has 2 fully saturated rings. The zero-order valence-electron chi connectivity index (χ0n) is 19.9. The van der Waals surface area contributed by atoms with Crippen molar-refractivity contribution in [3.63, 3.8) is 0 Å². The quantitative estimate of drug-likeness (QED) is 0.517. The first-order chi connectivity index (χ1) is 17.6. The van der Waals surface area contributed by atoms with E-state index in [1.165, 1.54) is 0 Å². The highest BCUT2D eigenvalue weighted by Crippen LogP contribution is 2.47. The average molecular weight is 495 g/mol. The highest BCUT2D eigenvalue weighted by atomic mass is 16.7. The molecule has 9 nitrogen and oxygen atoms in total. The molecule has 0 radical (unpaired) electrons. The monoisotopic (exact) mass is 494 g/mol. The number of hydrogen-bond acceptors (Lipinski definition) is 7. The van der Waals surface area contributed by atoms with E-state index in [-0.39, 0.29) is 49.8 Å². The molecule has 190 valence electrons. The van der Waals surface area contributed by atoms with Gasteiger partial charge in [-0.3, -0.25) is 9.59 Å². The lowest BCUT2D eigenvalue weighted by atomic mass is 9.84. The fourth-order valence-electron chi connectivity index (χ4n) is 5.29. The van der Waals surface area contributed by atoms with E-state index in [4.69, 9.17) is 18.9 Å². The molecule has 0 bridgehead atoms. The van der Waals surface area contributed by atoms with E-state index in [9.17, 15) is 14.7 Å². The van der Waals surface area contributed by atoms with Crippen molar-refractivity contribution in [2.24, 2.45) is 5.92 Å². The first-order valence-electron chi connectivity index (χ1n) is 12.6. The van der Waals surface area contributed by atoms with Crippen LogP contribution < -0.4 is 24.8 Å². The van der Waals surface area contributed by atoms with E-state index in [0.29, 0.717) is 36.8 Å². The number of carbonyl (C=O) groups excluding carboxylic acids is 2. The van der Waals surface area contributed by atoms with Gasteiger partial charge in [-0.15, -0.1) is 0 Å². The number of amides is 2. The molecule has 0 aromatic heterocycles. The number of ether oxygens (including phenoxy) is 4. The van der Waals surface area contributed by atoms with E-state index < -0.39 is 6.10 Å². The summed E-state index contributed by atoms with van der Waals surface area (Å²) in [5.41, 5.74) is 2.64. The summed E-state index contributed by atoms with van der Waals surface area (Å²) in [6.45, 7) is 0.377. The molecule has 2 aromatic rings. The molecule has 3 N–H and O–H groups in total. The number of anilines is 1. The van der Waals surface area contributed by atoms with Gasteiger partial charge in [-0.25, -0.2) is 0 Å². The van der Waals surface area contributed by atoms with Gasteiger partial charge >= 0.3 is 0 Å². The molecular weight excluding hydrogens is 464 g/mol. The van der Waals surface area contributed by atoms with Crippen molar-refractivity contribution >= 4 is 17.5 Å². The molecule has 2 aromatic carbocycles. The van der Waals surface area contributed by atoms with Gasteiger partial charge in [0.25, 0.3) is 0 Å². The topological polar surface area (TPSA) is 115 Å². The van der Waals surface area contributed by atoms with Crippen molar-refractivity contribution in [1.82, 2.24) is 5.32 Å². The van der Waals surface area contributed by atoms with Crippen molar-refractivity contribution in [2.75, 3.05) is 18.7 Å². The Morgan fingerprint density at radius 2 is 1.81 bits per heavy atom. The van der Waals surface area contributed by atoms with Crippen LogP contribution in [0, 0.1) is 5.92 Å². The van der Waals surface area contributed by atoms with Crippen LogP contribution in [0.1, 0.15) is 49.1 Å². The van der Waals surface area contributed by atoms with Crippen molar-refractivity contribution in [3.05, 3.63) is 47.5 Å². The third-order valence-electron chi connectivity index (χ3n) is 7.29. The zero-order chi connectivity index (χ0) is 24.6. The molecule has 1 saturated carbocycles. The second-order valence-corrected chi connectivity index (χ2v) is 10.0. The molecule has 9 heteroatoms. The van der Waals surface area contributed by atoms with Crippen molar-refractivity contribution in [2.45, 2.75) is 62.9 Å². The largest absolute Gasteiger partial charge is 0.487 e. The Labute approximate surface area is 209 Å². The predicted molar refractivity (Wildman–Crippen MR) is 129 cm³/mol. The molecule has 1 saturated heterocycles. The zero-order valence-corrected chi connectivity index (χ0v) is 19.9. The van der Waals surface area contributed by atoms with Gasteiger partial charge in [0.1, 0.15) is 18.0 Å². The molecule has 3 aliphatic heterocycles. The number of aliphatic hydroxyl groups is 1. The molecule has 6 rings (SSSR count). The second kappa shape index (κ2) is 9.63. The van der Waals surface area contributed by atoms with Gasteiger partial charge in [-0.05, 0) is 61.1 Å². The minimum Gasteiger partial charge on any atom is -0.487 e. The first-order valence-corrected chi connectivity index (χ1v) is 12.6. The van der Waals surface area contributed by atoms with Crippen LogP contribution in [0.5, 0.6) is 17.2 Å². The van der Waals surface area contributed by atoms with Crippen LogP contribution in [0.4, 0.5) is 5.69 Å². The number of hydrogen-bond donors (Lipinski definition) is 3. The Hall–Kier alpha value is -3.30. The maximum atomic E-state index is 12.7. The highest BCUT2D eigenvalue weighted by molar-refractivity contribution is 5.91. The van der Waals surface area contributed by atoms with Gasteiger partial charge in [0, 0.05) is 30.1 Å². The maximum Gasteiger partial charge on any atom is 0.231 e. The lowest BCUT2D eigenvalue weighted by Crippen LogP contribution is -2.47. The molecule has 4 atom stereocenters. The number of aliphatic hydroxyl groups excluding tert-OH is 1. The van der Waals surface area contributed by atoms with Crippen LogP contribution in [-0.2, 0) is 20.9 Å². The van der Waals surface area contributed by atoms with E-state index >= 15 is 0 Å². The fraction of sp³-hybridized carbons (Fsp3) is 0.481. The molecule has 0 spiro atoms. The summed E-state index contributed by atoms with van der Waals surface area (Å²) >= 11 is 0.